The number of hydrogen-bond acceptors (Lipinski definition) is 1. The van der Waals surface area contributed by atoms with Gasteiger partial charge < -0.3 is 0 Å². The number of benzene rings is 3. The fourth-order valence-corrected chi connectivity index (χ4v) is 2.48. The summed E-state index contributed by atoms with van der Waals surface area (Å²) in [5.74, 6) is 0.0378. The molecule has 0 atom stereocenters. The lowest BCUT2D eigenvalue weighted by atomic mass is 10.0. The number of aryl methyl sites for hydroxylation is 1. The van der Waals surface area contributed by atoms with Crippen LogP contribution >= 0.6 is 0 Å². The number of ketones is 1. The molecule has 0 N–H and O–H groups in total. The third kappa shape index (κ3) is 3.15. The van der Waals surface area contributed by atoms with Crippen molar-refractivity contribution in [3.63, 3.8) is 0 Å². The van der Waals surface area contributed by atoms with E-state index >= 15 is 0 Å². The van der Waals surface area contributed by atoms with Crippen LogP contribution in [0.5, 0.6) is 0 Å². The molecule has 0 aromatic heterocycles. The molecule has 1 nitrogen and oxygen atoms in total. The summed E-state index contributed by atoms with van der Waals surface area (Å²) in [7, 11) is 0. The molecule has 0 spiro atoms. The van der Waals surface area contributed by atoms with Crippen molar-refractivity contribution < 1.29 is 4.79 Å². The second kappa shape index (κ2) is 6.40. The lowest BCUT2D eigenvalue weighted by Gasteiger charge is -2.00. The Morgan fingerprint density at radius 3 is 2.36 bits per heavy atom. The summed E-state index contributed by atoms with van der Waals surface area (Å²) in [6.45, 7) is 2.11. The van der Waals surface area contributed by atoms with Crippen LogP contribution in [0, 0.1) is 0 Å². The third-order valence-electron chi connectivity index (χ3n) is 3.85. The number of carbonyl (C=O) groups excluding carboxylic acids is 1. The van der Waals surface area contributed by atoms with Gasteiger partial charge >= 0.3 is 0 Å². The van der Waals surface area contributed by atoms with Crippen LogP contribution in [-0.2, 0) is 6.42 Å². The van der Waals surface area contributed by atoms with Crippen LogP contribution in [0.2, 0.25) is 0 Å². The zero-order valence-electron chi connectivity index (χ0n) is 12.6. The molecule has 0 radical (unpaired) electrons. The first-order chi connectivity index (χ1) is 10.8. The Morgan fingerprint density at radius 1 is 0.909 bits per heavy atom. The molecule has 108 valence electrons. The summed E-state index contributed by atoms with van der Waals surface area (Å²) < 4.78 is 0. The summed E-state index contributed by atoms with van der Waals surface area (Å²) in [6, 6.07) is 22.2. The van der Waals surface area contributed by atoms with Gasteiger partial charge in [-0.3, -0.25) is 4.79 Å². The molecule has 0 aliphatic rings. The lowest BCUT2D eigenvalue weighted by Crippen LogP contribution is -1.94. The number of hydrogen-bond donors (Lipinski definition) is 0. The van der Waals surface area contributed by atoms with Crippen LogP contribution in [0.25, 0.3) is 16.8 Å². The molecule has 0 fully saturated rings. The van der Waals surface area contributed by atoms with Crippen molar-refractivity contribution >= 4 is 22.6 Å². The quantitative estimate of drug-likeness (QED) is 0.470. The Bertz CT molecular complexity index is 826. The maximum absolute atomic E-state index is 12.2. The highest BCUT2D eigenvalue weighted by atomic mass is 16.1. The van der Waals surface area contributed by atoms with Gasteiger partial charge in [-0.1, -0.05) is 73.7 Å². The van der Waals surface area contributed by atoms with Crippen LogP contribution in [-0.4, -0.2) is 5.78 Å². The van der Waals surface area contributed by atoms with E-state index in [2.05, 4.69) is 31.2 Å². The SMILES string of the molecule is CCc1ccc(C(=O)/C=C/c2ccc3ccccc3c2)cc1. The summed E-state index contributed by atoms with van der Waals surface area (Å²) in [5, 5.41) is 2.39. The normalized spacial score (nSPS) is 11.1. The summed E-state index contributed by atoms with van der Waals surface area (Å²) in [5.41, 5.74) is 3.02. The maximum Gasteiger partial charge on any atom is 0.185 e. The number of carbonyl (C=O) groups is 1. The van der Waals surface area contributed by atoms with Gasteiger partial charge in [0, 0.05) is 5.56 Å². The molecule has 0 saturated heterocycles. The average molecular weight is 286 g/mol. The summed E-state index contributed by atoms with van der Waals surface area (Å²) in [6.07, 6.45) is 4.51. The number of allylic oxidation sites excluding steroid dienone is 1. The van der Waals surface area contributed by atoms with Gasteiger partial charge in [0.15, 0.2) is 5.78 Å². The average Bonchev–Trinajstić information content (AvgIpc) is 2.59. The topological polar surface area (TPSA) is 17.1 Å². The van der Waals surface area contributed by atoms with Gasteiger partial charge in [0.1, 0.15) is 0 Å². The molecule has 0 amide bonds. The van der Waals surface area contributed by atoms with E-state index in [4.69, 9.17) is 0 Å². The Hall–Kier alpha value is -2.67. The van der Waals surface area contributed by atoms with Crippen molar-refractivity contribution in [2.24, 2.45) is 0 Å². The Morgan fingerprint density at radius 2 is 1.64 bits per heavy atom. The predicted molar refractivity (Wildman–Crippen MR) is 93.1 cm³/mol. The van der Waals surface area contributed by atoms with Crippen LogP contribution < -0.4 is 0 Å². The molecule has 22 heavy (non-hydrogen) atoms. The van der Waals surface area contributed by atoms with E-state index in [9.17, 15) is 4.79 Å². The summed E-state index contributed by atoms with van der Waals surface area (Å²) >= 11 is 0. The molecule has 0 unspecified atom stereocenters. The van der Waals surface area contributed by atoms with Crippen LogP contribution in [0.4, 0.5) is 0 Å². The molecule has 0 aliphatic carbocycles. The zero-order valence-corrected chi connectivity index (χ0v) is 12.6. The Kier molecular flexibility index (Phi) is 4.15. The van der Waals surface area contributed by atoms with Crippen molar-refractivity contribution in [1.29, 1.82) is 0 Å². The van der Waals surface area contributed by atoms with E-state index < -0.39 is 0 Å². The molecular weight excluding hydrogens is 268 g/mol. The van der Waals surface area contributed by atoms with Crippen molar-refractivity contribution in [2.75, 3.05) is 0 Å². The van der Waals surface area contributed by atoms with Gasteiger partial charge in [-0.25, -0.2) is 0 Å². The minimum atomic E-state index is 0.0378. The highest BCUT2D eigenvalue weighted by Gasteiger charge is 2.01. The van der Waals surface area contributed by atoms with Gasteiger partial charge in [0.2, 0.25) is 0 Å². The van der Waals surface area contributed by atoms with Crippen molar-refractivity contribution in [3.8, 4) is 0 Å². The van der Waals surface area contributed by atoms with E-state index in [0.29, 0.717) is 0 Å². The van der Waals surface area contributed by atoms with Crippen molar-refractivity contribution in [2.45, 2.75) is 13.3 Å². The van der Waals surface area contributed by atoms with E-state index in [1.165, 1.54) is 16.3 Å². The Balaban J connectivity index is 1.80. The Labute approximate surface area is 130 Å². The van der Waals surface area contributed by atoms with E-state index in [0.717, 1.165) is 17.5 Å². The fourth-order valence-electron chi connectivity index (χ4n) is 2.48. The molecule has 0 aliphatic heterocycles. The van der Waals surface area contributed by atoms with Crippen LogP contribution in [0.1, 0.15) is 28.4 Å². The first-order valence-corrected chi connectivity index (χ1v) is 7.56. The second-order valence-corrected chi connectivity index (χ2v) is 5.35. The molecule has 3 aromatic carbocycles. The van der Waals surface area contributed by atoms with Gasteiger partial charge in [-0.2, -0.15) is 0 Å². The maximum atomic E-state index is 12.2. The first-order valence-electron chi connectivity index (χ1n) is 7.56. The number of rotatable bonds is 4. The minimum Gasteiger partial charge on any atom is -0.289 e. The molecule has 0 bridgehead atoms. The summed E-state index contributed by atoms with van der Waals surface area (Å²) in [4.78, 5) is 12.2. The lowest BCUT2D eigenvalue weighted by molar-refractivity contribution is 0.104. The molecular formula is C21H18O. The molecule has 0 saturated carbocycles. The van der Waals surface area contributed by atoms with Crippen LogP contribution in [0.3, 0.4) is 0 Å². The van der Waals surface area contributed by atoms with Gasteiger partial charge in [-0.15, -0.1) is 0 Å². The smallest absolute Gasteiger partial charge is 0.185 e. The molecule has 3 aromatic rings. The van der Waals surface area contributed by atoms with Crippen molar-refractivity contribution in [1.82, 2.24) is 0 Å². The molecule has 3 rings (SSSR count). The predicted octanol–water partition coefficient (Wildman–Crippen LogP) is 5.30. The number of fused-ring (bicyclic) bond motifs is 1. The highest BCUT2D eigenvalue weighted by molar-refractivity contribution is 6.07. The zero-order chi connectivity index (χ0) is 15.4. The highest BCUT2D eigenvalue weighted by Crippen LogP contribution is 2.17. The van der Waals surface area contributed by atoms with Crippen molar-refractivity contribution in [3.05, 3.63) is 89.5 Å². The second-order valence-electron chi connectivity index (χ2n) is 5.35. The van der Waals surface area contributed by atoms with Gasteiger partial charge in [0.05, 0.1) is 0 Å². The van der Waals surface area contributed by atoms with Gasteiger partial charge in [-0.05, 0) is 40.5 Å². The standard InChI is InChI=1S/C21H18O/c1-2-16-7-12-19(13-8-16)21(22)14-10-17-9-11-18-5-3-4-6-20(18)15-17/h3-15H,2H2,1H3/b14-10+. The van der Waals surface area contributed by atoms with Gasteiger partial charge in [0.25, 0.3) is 0 Å². The van der Waals surface area contributed by atoms with E-state index in [1.54, 1.807) is 6.08 Å². The van der Waals surface area contributed by atoms with E-state index in [1.807, 2.05) is 48.5 Å². The van der Waals surface area contributed by atoms with Crippen LogP contribution in [0.15, 0.2) is 72.8 Å². The third-order valence-corrected chi connectivity index (χ3v) is 3.85. The fraction of sp³-hybridized carbons (Fsp3) is 0.0952. The first kappa shape index (κ1) is 14.3. The monoisotopic (exact) mass is 286 g/mol. The minimum absolute atomic E-state index is 0.0378. The van der Waals surface area contributed by atoms with E-state index in [-0.39, 0.29) is 5.78 Å². The largest absolute Gasteiger partial charge is 0.289 e. The molecule has 1 heteroatoms. The molecule has 0 heterocycles.